The van der Waals surface area contributed by atoms with Gasteiger partial charge in [-0.2, -0.15) is 0 Å². The zero-order chi connectivity index (χ0) is 11.8. The molecule has 0 amide bonds. The van der Waals surface area contributed by atoms with Crippen LogP contribution in [0, 0.1) is 5.41 Å². The molecule has 0 heterocycles. The predicted octanol–water partition coefficient (Wildman–Crippen LogP) is 3.85. The van der Waals surface area contributed by atoms with Gasteiger partial charge in [0.05, 0.1) is 0 Å². The second-order valence-corrected chi connectivity index (χ2v) is 6.30. The fraction of sp³-hybridized carbons (Fsp3) is 0.571. The first-order valence-corrected chi connectivity index (χ1v) is 6.83. The van der Waals surface area contributed by atoms with Gasteiger partial charge in [-0.15, -0.1) is 0 Å². The molecule has 0 radical (unpaired) electrons. The molecule has 1 aromatic rings. The van der Waals surface area contributed by atoms with Gasteiger partial charge in [0.2, 0.25) is 0 Å². The number of nitrogens with two attached hydrogens (primary N) is 1. The SMILES string of the molecule is CC(C)(CN)C1CCCc2c(Br)cccc21. The average Bonchev–Trinajstić information content (AvgIpc) is 2.29. The van der Waals surface area contributed by atoms with Crippen LogP contribution in [-0.2, 0) is 6.42 Å². The van der Waals surface area contributed by atoms with Crippen molar-refractivity contribution in [3.05, 3.63) is 33.8 Å². The molecule has 1 nitrogen and oxygen atoms in total. The maximum Gasteiger partial charge on any atom is 0.0210 e. The summed E-state index contributed by atoms with van der Waals surface area (Å²) in [7, 11) is 0. The summed E-state index contributed by atoms with van der Waals surface area (Å²) in [5, 5.41) is 0. The summed E-state index contributed by atoms with van der Waals surface area (Å²) >= 11 is 3.67. The van der Waals surface area contributed by atoms with Crippen LogP contribution < -0.4 is 5.73 Å². The molecular weight excluding hydrogens is 262 g/mol. The van der Waals surface area contributed by atoms with Crippen molar-refractivity contribution in [3.63, 3.8) is 0 Å². The fourth-order valence-electron chi connectivity index (χ4n) is 2.76. The molecule has 0 spiro atoms. The molecule has 1 aliphatic rings. The Labute approximate surface area is 107 Å². The molecule has 1 unspecified atom stereocenters. The van der Waals surface area contributed by atoms with Gasteiger partial charge in [0.1, 0.15) is 0 Å². The van der Waals surface area contributed by atoms with Crippen molar-refractivity contribution < 1.29 is 0 Å². The second-order valence-electron chi connectivity index (χ2n) is 5.45. The highest BCUT2D eigenvalue weighted by Gasteiger charge is 2.33. The number of hydrogen-bond donors (Lipinski definition) is 1. The Morgan fingerprint density at radius 2 is 2.19 bits per heavy atom. The Balaban J connectivity index is 2.45. The van der Waals surface area contributed by atoms with Crippen molar-refractivity contribution in [1.82, 2.24) is 0 Å². The minimum absolute atomic E-state index is 0.204. The van der Waals surface area contributed by atoms with E-state index in [0.717, 1.165) is 6.54 Å². The van der Waals surface area contributed by atoms with E-state index in [9.17, 15) is 0 Å². The molecule has 2 rings (SSSR count). The number of benzene rings is 1. The normalized spacial score (nSPS) is 20.6. The first-order chi connectivity index (χ1) is 7.56. The van der Waals surface area contributed by atoms with Crippen LogP contribution in [0.3, 0.4) is 0 Å². The molecule has 0 aromatic heterocycles. The number of halogens is 1. The van der Waals surface area contributed by atoms with E-state index in [1.54, 1.807) is 0 Å². The molecule has 1 aromatic carbocycles. The fourth-order valence-corrected chi connectivity index (χ4v) is 3.34. The van der Waals surface area contributed by atoms with Crippen molar-refractivity contribution in [2.45, 2.75) is 39.0 Å². The third kappa shape index (κ3) is 2.05. The van der Waals surface area contributed by atoms with Gasteiger partial charge < -0.3 is 5.73 Å². The molecule has 0 saturated heterocycles. The standard InChI is InChI=1S/C14H20BrN/c1-14(2,9-16)12-7-3-6-11-10(12)5-4-8-13(11)15/h4-5,8,12H,3,6-7,9,16H2,1-2H3. The Morgan fingerprint density at radius 3 is 2.88 bits per heavy atom. The first-order valence-electron chi connectivity index (χ1n) is 6.03. The summed E-state index contributed by atoms with van der Waals surface area (Å²) in [4.78, 5) is 0. The van der Waals surface area contributed by atoms with Gasteiger partial charge in [0.25, 0.3) is 0 Å². The summed E-state index contributed by atoms with van der Waals surface area (Å²) in [6.07, 6.45) is 3.76. The highest BCUT2D eigenvalue weighted by atomic mass is 79.9. The minimum atomic E-state index is 0.204. The summed E-state index contributed by atoms with van der Waals surface area (Å²) in [5.74, 6) is 0.610. The highest BCUT2D eigenvalue weighted by Crippen LogP contribution is 2.44. The van der Waals surface area contributed by atoms with Crippen LogP contribution in [0.2, 0.25) is 0 Å². The van der Waals surface area contributed by atoms with Gasteiger partial charge in [-0.1, -0.05) is 41.9 Å². The van der Waals surface area contributed by atoms with Crippen molar-refractivity contribution in [3.8, 4) is 0 Å². The van der Waals surface area contributed by atoms with Crippen LogP contribution in [0.5, 0.6) is 0 Å². The first kappa shape index (κ1) is 12.1. The third-order valence-corrected chi connectivity index (χ3v) is 4.66. The Hall–Kier alpha value is -0.340. The van der Waals surface area contributed by atoms with E-state index >= 15 is 0 Å². The van der Waals surface area contributed by atoms with Crippen molar-refractivity contribution in [1.29, 1.82) is 0 Å². The monoisotopic (exact) mass is 281 g/mol. The second kappa shape index (κ2) is 4.50. The lowest BCUT2D eigenvalue weighted by molar-refractivity contribution is 0.268. The van der Waals surface area contributed by atoms with E-state index in [0.29, 0.717) is 5.92 Å². The summed E-state index contributed by atoms with van der Waals surface area (Å²) in [5.41, 5.74) is 9.14. The minimum Gasteiger partial charge on any atom is -0.330 e. The molecule has 0 fully saturated rings. The van der Waals surface area contributed by atoms with E-state index in [1.165, 1.54) is 34.9 Å². The molecule has 2 heteroatoms. The Kier molecular flexibility index (Phi) is 3.41. The predicted molar refractivity (Wildman–Crippen MR) is 72.7 cm³/mol. The van der Waals surface area contributed by atoms with Crippen LogP contribution in [0.25, 0.3) is 0 Å². The molecule has 0 bridgehead atoms. The van der Waals surface area contributed by atoms with Crippen molar-refractivity contribution in [2.24, 2.45) is 11.1 Å². The van der Waals surface area contributed by atoms with Crippen LogP contribution in [0.15, 0.2) is 22.7 Å². The van der Waals surface area contributed by atoms with E-state index in [-0.39, 0.29) is 5.41 Å². The van der Waals surface area contributed by atoms with Gasteiger partial charge in [-0.05, 0) is 54.3 Å². The lowest BCUT2D eigenvalue weighted by Crippen LogP contribution is -2.33. The van der Waals surface area contributed by atoms with E-state index in [1.807, 2.05) is 0 Å². The van der Waals surface area contributed by atoms with E-state index < -0.39 is 0 Å². The Morgan fingerprint density at radius 1 is 1.44 bits per heavy atom. The summed E-state index contributed by atoms with van der Waals surface area (Å²) in [6.45, 7) is 5.32. The number of rotatable bonds is 2. The van der Waals surface area contributed by atoms with Gasteiger partial charge in [-0.25, -0.2) is 0 Å². The van der Waals surface area contributed by atoms with Gasteiger partial charge in [-0.3, -0.25) is 0 Å². The lowest BCUT2D eigenvalue weighted by atomic mass is 9.68. The maximum atomic E-state index is 5.92. The van der Waals surface area contributed by atoms with Crippen molar-refractivity contribution >= 4 is 15.9 Å². The lowest BCUT2D eigenvalue weighted by Gasteiger charge is -2.38. The van der Waals surface area contributed by atoms with Crippen LogP contribution in [0.4, 0.5) is 0 Å². The largest absolute Gasteiger partial charge is 0.330 e. The zero-order valence-electron chi connectivity index (χ0n) is 10.1. The smallest absolute Gasteiger partial charge is 0.0210 e. The molecule has 0 saturated carbocycles. The highest BCUT2D eigenvalue weighted by molar-refractivity contribution is 9.10. The molecule has 2 N–H and O–H groups in total. The Bertz CT molecular complexity index is 384. The van der Waals surface area contributed by atoms with E-state index in [2.05, 4.69) is 48.0 Å². The maximum absolute atomic E-state index is 5.92. The van der Waals surface area contributed by atoms with Crippen molar-refractivity contribution in [2.75, 3.05) is 6.54 Å². The molecule has 1 atom stereocenters. The van der Waals surface area contributed by atoms with Crippen LogP contribution in [0.1, 0.15) is 43.7 Å². The number of fused-ring (bicyclic) bond motifs is 1. The van der Waals surface area contributed by atoms with E-state index in [4.69, 9.17) is 5.73 Å². The van der Waals surface area contributed by atoms with Gasteiger partial charge in [0.15, 0.2) is 0 Å². The summed E-state index contributed by atoms with van der Waals surface area (Å²) in [6, 6.07) is 6.58. The molecule has 0 aliphatic heterocycles. The molecule has 1 aliphatic carbocycles. The molecule has 16 heavy (non-hydrogen) atoms. The van der Waals surface area contributed by atoms with Crippen LogP contribution >= 0.6 is 15.9 Å². The quantitative estimate of drug-likeness (QED) is 0.876. The molecular formula is C14H20BrN. The third-order valence-electron chi connectivity index (χ3n) is 3.92. The topological polar surface area (TPSA) is 26.0 Å². The summed E-state index contributed by atoms with van der Waals surface area (Å²) < 4.78 is 1.27. The van der Waals surface area contributed by atoms with Gasteiger partial charge in [0, 0.05) is 4.47 Å². The van der Waals surface area contributed by atoms with Gasteiger partial charge >= 0.3 is 0 Å². The van der Waals surface area contributed by atoms with Crippen LogP contribution in [-0.4, -0.2) is 6.54 Å². The molecule has 88 valence electrons. The zero-order valence-corrected chi connectivity index (χ0v) is 11.7. The number of hydrogen-bond acceptors (Lipinski definition) is 1. The average molecular weight is 282 g/mol.